The van der Waals surface area contributed by atoms with Gasteiger partial charge in [-0.2, -0.15) is 0 Å². The van der Waals surface area contributed by atoms with Crippen molar-refractivity contribution in [1.82, 2.24) is 0 Å². The Morgan fingerprint density at radius 2 is 1.85 bits per heavy atom. The number of aliphatic hydroxyl groups excluding tert-OH is 4. The van der Waals surface area contributed by atoms with Crippen molar-refractivity contribution in [2.45, 2.75) is 49.0 Å². The van der Waals surface area contributed by atoms with Gasteiger partial charge in [0.2, 0.25) is 0 Å². The summed E-state index contributed by atoms with van der Waals surface area (Å²) in [4.78, 5) is 0. The van der Waals surface area contributed by atoms with Crippen molar-refractivity contribution >= 4 is 0 Å². The van der Waals surface area contributed by atoms with Crippen molar-refractivity contribution in [3.8, 4) is 0 Å². The zero-order valence-electron chi connectivity index (χ0n) is 10.8. The van der Waals surface area contributed by atoms with Gasteiger partial charge < -0.3 is 46.1 Å². The van der Waals surface area contributed by atoms with Crippen molar-refractivity contribution < 1.29 is 34.6 Å². The van der Waals surface area contributed by atoms with Crippen molar-refractivity contribution in [2.24, 2.45) is 11.5 Å². The van der Waals surface area contributed by atoms with Crippen molar-refractivity contribution in [3.05, 3.63) is 6.61 Å². The predicted octanol–water partition coefficient (Wildman–Crippen LogP) is -3.98. The summed E-state index contributed by atoms with van der Waals surface area (Å²) in [5.41, 5.74) is 11.2. The molecule has 1 radical (unpaired) electrons. The van der Waals surface area contributed by atoms with Gasteiger partial charge in [0, 0.05) is 6.54 Å². The lowest BCUT2D eigenvalue weighted by Gasteiger charge is -2.42. The predicted molar refractivity (Wildman–Crippen MR) is 64.8 cm³/mol. The molecule has 0 spiro atoms. The first kappa shape index (κ1) is 16.0. The molecule has 0 aromatic heterocycles. The van der Waals surface area contributed by atoms with Crippen LogP contribution in [0.15, 0.2) is 0 Å². The minimum absolute atomic E-state index is 0.0237. The quantitative estimate of drug-likeness (QED) is 0.303. The second kappa shape index (κ2) is 6.60. The molecule has 2 aliphatic rings. The lowest BCUT2D eigenvalue weighted by molar-refractivity contribution is -0.279. The molecular formula is C11H21N2O7. The van der Waals surface area contributed by atoms with Crippen LogP contribution in [0.4, 0.5) is 0 Å². The smallest absolute Gasteiger partial charge is 0.176 e. The van der Waals surface area contributed by atoms with Crippen LogP contribution in [0, 0.1) is 6.61 Å². The van der Waals surface area contributed by atoms with E-state index in [9.17, 15) is 15.3 Å². The zero-order valence-corrected chi connectivity index (χ0v) is 10.8. The standard InChI is InChI=1S/C11H21N2O7/c12-1-5-8(16)9(17)7(13)11(19-5)20-10-4(15)3-18-6(10)2-14/h3-11,14-17H,1-2,12-13H2/t4-,5+,6+,7+,8-,9-,10-,11-/m0/s1. The van der Waals surface area contributed by atoms with Crippen molar-refractivity contribution in [1.29, 1.82) is 0 Å². The maximum atomic E-state index is 9.84. The number of rotatable bonds is 4. The van der Waals surface area contributed by atoms with Gasteiger partial charge in [0.15, 0.2) is 6.29 Å². The van der Waals surface area contributed by atoms with E-state index in [0.29, 0.717) is 0 Å². The largest absolute Gasteiger partial charge is 0.394 e. The number of hydrogen-bond donors (Lipinski definition) is 6. The molecule has 8 atom stereocenters. The van der Waals surface area contributed by atoms with Gasteiger partial charge in [-0.05, 0) is 0 Å². The Hall–Kier alpha value is -0.360. The van der Waals surface area contributed by atoms with E-state index in [1.54, 1.807) is 0 Å². The molecule has 0 bridgehead atoms. The third-order valence-electron chi connectivity index (χ3n) is 3.55. The molecule has 0 aromatic rings. The average Bonchev–Trinajstić information content (AvgIpc) is 2.80. The normalized spacial score (nSPS) is 49.5. The van der Waals surface area contributed by atoms with E-state index in [-0.39, 0.29) is 13.2 Å². The van der Waals surface area contributed by atoms with E-state index in [1.165, 1.54) is 0 Å². The monoisotopic (exact) mass is 293 g/mol. The second-order valence-electron chi connectivity index (χ2n) is 4.92. The lowest BCUT2D eigenvalue weighted by Crippen LogP contribution is -2.64. The van der Waals surface area contributed by atoms with Gasteiger partial charge in [-0.15, -0.1) is 0 Å². The van der Waals surface area contributed by atoms with Crippen LogP contribution >= 0.6 is 0 Å². The average molecular weight is 293 g/mol. The van der Waals surface area contributed by atoms with Crippen LogP contribution < -0.4 is 11.5 Å². The number of nitrogens with two attached hydrogens (primary N) is 2. The van der Waals surface area contributed by atoms with Crippen LogP contribution in [0.3, 0.4) is 0 Å². The number of hydrogen-bond acceptors (Lipinski definition) is 9. The molecule has 0 unspecified atom stereocenters. The number of aliphatic hydroxyl groups is 4. The third kappa shape index (κ3) is 2.96. The van der Waals surface area contributed by atoms with Gasteiger partial charge in [-0.25, -0.2) is 0 Å². The van der Waals surface area contributed by atoms with E-state index in [2.05, 4.69) is 0 Å². The summed E-state index contributed by atoms with van der Waals surface area (Å²) in [6.07, 6.45) is -7.06. The fraction of sp³-hybridized carbons (Fsp3) is 0.909. The molecule has 2 saturated heterocycles. The van der Waals surface area contributed by atoms with Gasteiger partial charge >= 0.3 is 0 Å². The molecule has 117 valence electrons. The van der Waals surface area contributed by atoms with Gasteiger partial charge in [0.1, 0.15) is 43.2 Å². The molecule has 0 aliphatic carbocycles. The molecule has 2 fully saturated rings. The van der Waals surface area contributed by atoms with Crippen molar-refractivity contribution in [3.63, 3.8) is 0 Å². The third-order valence-corrected chi connectivity index (χ3v) is 3.55. The molecule has 2 rings (SSSR count). The van der Waals surface area contributed by atoms with Gasteiger partial charge in [0.05, 0.1) is 12.6 Å². The topological polar surface area (TPSA) is 161 Å². The first-order valence-electron chi connectivity index (χ1n) is 6.40. The summed E-state index contributed by atoms with van der Waals surface area (Å²) in [5.74, 6) is 0. The zero-order chi connectivity index (χ0) is 14.9. The first-order chi connectivity index (χ1) is 9.49. The van der Waals surface area contributed by atoms with E-state index in [4.69, 9.17) is 30.8 Å². The molecule has 20 heavy (non-hydrogen) atoms. The van der Waals surface area contributed by atoms with Crippen LogP contribution in [0.5, 0.6) is 0 Å². The van der Waals surface area contributed by atoms with E-state index in [1.807, 2.05) is 0 Å². The molecule has 0 amide bonds. The molecule has 0 aromatic carbocycles. The summed E-state index contributed by atoms with van der Waals surface area (Å²) >= 11 is 0. The van der Waals surface area contributed by atoms with Gasteiger partial charge in [-0.3, -0.25) is 0 Å². The molecule has 2 heterocycles. The second-order valence-corrected chi connectivity index (χ2v) is 4.92. The number of ether oxygens (including phenoxy) is 3. The molecule has 0 saturated carbocycles. The highest BCUT2D eigenvalue weighted by Gasteiger charge is 2.46. The summed E-state index contributed by atoms with van der Waals surface area (Å²) in [6, 6.07) is -1.01. The van der Waals surface area contributed by atoms with Gasteiger partial charge in [0.25, 0.3) is 0 Å². The summed E-state index contributed by atoms with van der Waals surface area (Å²) in [5, 5.41) is 38.4. The maximum absolute atomic E-state index is 9.84. The first-order valence-corrected chi connectivity index (χ1v) is 6.40. The van der Waals surface area contributed by atoms with E-state index in [0.717, 1.165) is 6.61 Å². The highest BCUT2D eigenvalue weighted by Crippen LogP contribution is 2.27. The Morgan fingerprint density at radius 3 is 2.45 bits per heavy atom. The Morgan fingerprint density at radius 1 is 1.15 bits per heavy atom. The molecule has 2 aliphatic heterocycles. The Balaban J connectivity index is 2.03. The molecular weight excluding hydrogens is 272 g/mol. The summed E-state index contributed by atoms with van der Waals surface area (Å²) < 4.78 is 15.9. The Bertz CT molecular complexity index is 319. The van der Waals surface area contributed by atoms with E-state index >= 15 is 0 Å². The fourth-order valence-electron chi connectivity index (χ4n) is 2.30. The fourth-order valence-corrected chi connectivity index (χ4v) is 2.30. The Labute approximate surface area is 116 Å². The highest BCUT2D eigenvalue weighted by molar-refractivity contribution is 4.95. The summed E-state index contributed by atoms with van der Waals surface area (Å²) in [6.45, 7) is 0.765. The van der Waals surface area contributed by atoms with Crippen LogP contribution in [0.2, 0.25) is 0 Å². The maximum Gasteiger partial charge on any atom is 0.176 e. The van der Waals surface area contributed by atoms with Crippen molar-refractivity contribution in [2.75, 3.05) is 13.2 Å². The van der Waals surface area contributed by atoms with Gasteiger partial charge in [-0.1, -0.05) is 0 Å². The summed E-state index contributed by atoms with van der Waals surface area (Å²) in [7, 11) is 0. The van der Waals surface area contributed by atoms with Crippen LogP contribution in [-0.4, -0.2) is 82.5 Å². The minimum atomic E-state index is -1.27. The minimum Gasteiger partial charge on any atom is -0.394 e. The lowest BCUT2D eigenvalue weighted by atomic mass is 9.97. The molecule has 9 nitrogen and oxygen atoms in total. The highest BCUT2D eigenvalue weighted by atomic mass is 16.7. The SMILES string of the molecule is NC[C@H]1O[C@@H](O[C@H]2[C@@H](O)[CH]O[C@@H]2CO)[C@H](N)[C@H](O)[C@H]1O. The molecule has 8 N–H and O–H groups in total. The van der Waals surface area contributed by atoms with Crippen LogP contribution in [0.1, 0.15) is 0 Å². The molecule has 9 heteroatoms. The van der Waals surface area contributed by atoms with Crippen LogP contribution in [-0.2, 0) is 14.2 Å². The van der Waals surface area contributed by atoms with Crippen LogP contribution in [0.25, 0.3) is 0 Å². The Kier molecular flexibility index (Phi) is 5.29. The van der Waals surface area contributed by atoms with E-state index < -0.39 is 49.0 Å².